The van der Waals surface area contributed by atoms with Gasteiger partial charge in [-0.05, 0) is 55.3 Å². The molecular formula is C15H14Cl2N2O. The number of carbonyl (C=O) groups excluding carboxylic acids is 1. The molecule has 0 fully saturated rings. The fraction of sp³-hybridized carbons (Fsp3) is 0.133. The van der Waals surface area contributed by atoms with E-state index in [0.29, 0.717) is 21.3 Å². The summed E-state index contributed by atoms with van der Waals surface area (Å²) in [5.41, 5.74) is 9.30. The van der Waals surface area contributed by atoms with Gasteiger partial charge in [-0.3, -0.25) is 4.79 Å². The number of nitrogens with one attached hydrogen (secondary N) is 1. The standard InChI is InChI=1S/C15H14Cl2N2O/c1-8-5-11(18)6-9(2)14(8)19-15(20)12-7-10(16)3-4-13(12)17/h3-7H,18H2,1-2H3,(H,19,20). The van der Waals surface area contributed by atoms with Gasteiger partial charge >= 0.3 is 0 Å². The van der Waals surface area contributed by atoms with Crippen molar-refractivity contribution in [3.8, 4) is 0 Å². The van der Waals surface area contributed by atoms with Crippen LogP contribution in [0.2, 0.25) is 10.0 Å². The number of hydrogen-bond donors (Lipinski definition) is 2. The molecule has 0 saturated carbocycles. The summed E-state index contributed by atoms with van der Waals surface area (Å²) >= 11 is 11.9. The normalized spacial score (nSPS) is 10.4. The summed E-state index contributed by atoms with van der Waals surface area (Å²) in [4.78, 5) is 12.3. The van der Waals surface area contributed by atoms with Gasteiger partial charge in [0.1, 0.15) is 0 Å². The molecule has 104 valence electrons. The summed E-state index contributed by atoms with van der Waals surface area (Å²) in [7, 11) is 0. The summed E-state index contributed by atoms with van der Waals surface area (Å²) in [6.07, 6.45) is 0. The Morgan fingerprint density at radius 3 is 2.30 bits per heavy atom. The van der Waals surface area contributed by atoms with E-state index in [1.165, 1.54) is 0 Å². The number of halogens is 2. The number of anilines is 2. The molecule has 5 heteroatoms. The number of rotatable bonds is 2. The minimum atomic E-state index is -0.298. The maximum Gasteiger partial charge on any atom is 0.257 e. The van der Waals surface area contributed by atoms with Gasteiger partial charge in [0, 0.05) is 16.4 Å². The van der Waals surface area contributed by atoms with Gasteiger partial charge < -0.3 is 11.1 Å². The first kappa shape index (κ1) is 14.7. The number of carbonyl (C=O) groups is 1. The van der Waals surface area contributed by atoms with Crippen LogP contribution >= 0.6 is 23.2 Å². The predicted octanol–water partition coefficient (Wildman–Crippen LogP) is 4.44. The van der Waals surface area contributed by atoms with E-state index in [1.807, 2.05) is 26.0 Å². The number of nitrogen functional groups attached to an aromatic ring is 1. The fourth-order valence-corrected chi connectivity index (χ4v) is 2.42. The highest BCUT2D eigenvalue weighted by Crippen LogP contribution is 2.26. The zero-order chi connectivity index (χ0) is 14.9. The van der Waals surface area contributed by atoms with Crippen LogP contribution in [0, 0.1) is 13.8 Å². The van der Waals surface area contributed by atoms with E-state index in [2.05, 4.69) is 5.32 Å². The summed E-state index contributed by atoms with van der Waals surface area (Å²) in [5, 5.41) is 3.67. The molecule has 0 aliphatic rings. The van der Waals surface area contributed by atoms with Crippen molar-refractivity contribution in [2.24, 2.45) is 0 Å². The maximum atomic E-state index is 12.3. The van der Waals surface area contributed by atoms with Gasteiger partial charge in [-0.15, -0.1) is 0 Å². The SMILES string of the molecule is Cc1cc(N)cc(C)c1NC(=O)c1cc(Cl)ccc1Cl. The Hall–Kier alpha value is -1.71. The van der Waals surface area contributed by atoms with Crippen LogP contribution in [0.1, 0.15) is 21.5 Å². The number of nitrogens with two attached hydrogens (primary N) is 1. The van der Waals surface area contributed by atoms with E-state index in [4.69, 9.17) is 28.9 Å². The van der Waals surface area contributed by atoms with Gasteiger partial charge in [-0.25, -0.2) is 0 Å². The second-order valence-corrected chi connectivity index (χ2v) is 5.45. The number of amides is 1. The van der Waals surface area contributed by atoms with Crippen LogP contribution in [0.5, 0.6) is 0 Å². The lowest BCUT2D eigenvalue weighted by Crippen LogP contribution is -2.14. The van der Waals surface area contributed by atoms with Crippen molar-refractivity contribution in [1.29, 1.82) is 0 Å². The van der Waals surface area contributed by atoms with Gasteiger partial charge in [0.25, 0.3) is 5.91 Å². The number of aryl methyl sites for hydroxylation is 2. The second-order valence-electron chi connectivity index (χ2n) is 4.61. The van der Waals surface area contributed by atoms with Crippen LogP contribution in [-0.2, 0) is 0 Å². The van der Waals surface area contributed by atoms with E-state index >= 15 is 0 Å². The van der Waals surface area contributed by atoms with Gasteiger partial charge in [0.2, 0.25) is 0 Å². The van der Waals surface area contributed by atoms with Crippen molar-refractivity contribution in [3.63, 3.8) is 0 Å². The molecule has 0 spiro atoms. The molecule has 0 aliphatic carbocycles. The molecule has 0 heterocycles. The Balaban J connectivity index is 2.35. The number of hydrogen-bond acceptors (Lipinski definition) is 2. The minimum absolute atomic E-state index is 0.298. The molecule has 3 N–H and O–H groups in total. The summed E-state index contributed by atoms with van der Waals surface area (Å²) in [5.74, 6) is -0.298. The first-order valence-corrected chi connectivity index (χ1v) is 6.77. The van der Waals surface area contributed by atoms with Gasteiger partial charge in [-0.2, -0.15) is 0 Å². The smallest absolute Gasteiger partial charge is 0.257 e. The highest BCUT2D eigenvalue weighted by atomic mass is 35.5. The molecule has 0 radical (unpaired) electrons. The van der Waals surface area contributed by atoms with Gasteiger partial charge in [-0.1, -0.05) is 23.2 Å². The molecule has 0 aliphatic heterocycles. The third kappa shape index (κ3) is 3.06. The third-order valence-electron chi connectivity index (χ3n) is 2.97. The zero-order valence-electron chi connectivity index (χ0n) is 11.1. The third-order valence-corrected chi connectivity index (χ3v) is 3.53. The van der Waals surface area contributed by atoms with E-state index in [-0.39, 0.29) is 5.91 Å². The zero-order valence-corrected chi connectivity index (χ0v) is 12.6. The topological polar surface area (TPSA) is 55.1 Å². The van der Waals surface area contributed by atoms with Crippen molar-refractivity contribution in [2.75, 3.05) is 11.1 Å². The van der Waals surface area contributed by atoms with Crippen LogP contribution in [0.25, 0.3) is 0 Å². The Morgan fingerprint density at radius 2 is 1.70 bits per heavy atom. The van der Waals surface area contributed by atoms with Crippen LogP contribution in [-0.4, -0.2) is 5.91 Å². The van der Waals surface area contributed by atoms with Crippen LogP contribution in [0.3, 0.4) is 0 Å². The molecule has 0 aromatic heterocycles. The van der Waals surface area contributed by atoms with Crippen molar-refractivity contribution in [1.82, 2.24) is 0 Å². The summed E-state index contributed by atoms with van der Waals surface area (Å²) in [6.45, 7) is 3.77. The lowest BCUT2D eigenvalue weighted by atomic mass is 10.1. The lowest BCUT2D eigenvalue weighted by Gasteiger charge is -2.13. The molecule has 0 atom stereocenters. The van der Waals surface area contributed by atoms with Crippen LogP contribution in [0.15, 0.2) is 30.3 Å². The second kappa shape index (κ2) is 5.73. The molecule has 2 aromatic rings. The highest BCUT2D eigenvalue weighted by Gasteiger charge is 2.14. The average molecular weight is 309 g/mol. The van der Waals surface area contributed by atoms with Gasteiger partial charge in [0.05, 0.1) is 10.6 Å². The maximum absolute atomic E-state index is 12.3. The van der Waals surface area contributed by atoms with E-state index in [0.717, 1.165) is 16.8 Å². The fourth-order valence-electron chi connectivity index (χ4n) is 2.05. The van der Waals surface area contributed by atoms with E-state index in [1.54, 1.807) is 18.2 Å². The lowest BCUT2D eigenvalue weighted by molar-refractivity contribution is 0.102. The largest absolute Gasteiger partial charge is 0.399 e. The molecular weight excluding hydrogens is 295 g/mol. The Bertz CT molecular complexity index is 661. The van der Waals surface area contributed by atoms with Gasteiger partial charge in [0.15, 0.2) is 0 Å². The Kier molecular flexibility index (Phi) is 4.21. The molecule has 20 heavy (non-hydrogen) atoms. The summed E-state index contributed by atoms with van der Waals surface area (Å²) < 4.78 is 0. The summed E-state index contributed by atoms with van der Waals surface area (Å²) in [6, 6.07) is 8.40. The van der Waals surface area contributed by atoms with Crippen LogP contribution in [0.4, 0.5) is 11.4 Å². The molecule has 2 aromatic carbocycles. The molecule has 0 saturated heterocycles. The van der Waals surface area contributed by atoms with Crippen molar-refractivity contribution >= 4 is 40.5 Å². The molecule has 0 bridgehead atoms. The Labute approximate surface area is 127 Å². The van der Waals surface area contributed by atoms with Crippen molar-refractivity contribution < 1.29 is 4.79 Å². The van der Waals surface area contributed by atoms with E-state index in [9.17, 15) is 4.79 Å². The minimum Gasteiger partial charge on any atom is -0.399 e. The van der Waals surface area contributed by atoms with E-state index < -0.39 is 0 Å². The quantitative estimate of drug-likeness (QED) is 0.806. The Morgan fingerprint density at radius 1 is 1.10 bits per heavy atom. The monoisotopic (exact) mass is 308 g/mol. The van der Waals surface area contributed by atoms with Crippen molar-refractivity contribution in [3.05, 3.63) is 57.1 Å². The average Bonchev–Trinajstić information content (AvgIpc) is 2.36. The molecule has 1 amide bonds. The molecule has 2 rings (SSSR count). The molecule has 0 unspecified atom stereocenters. The number of benzene rings is 2. The van der Waals surface area contributed by atoms with Crippen molar-refractivity contribution in [2.45, 2.75) is 13.8 Å². The highest BCUT2D eigenvalue weighted by molar-refractivity contribution is 6.36. The van der Waals surface area contributed by atoms with Crippen LogP contribution < -0.4 is 11.1 Å². The first-order valence-electron chi connectivity index (χ1n) is 6.01. The predicted molar refractivity (Wildman–Crippen MR) is 84.7 cm³/mol. The molecule has 3 nitrogen and oxygen atoms in total. The first-order chi connectivity index (χ1) is 9.38.